The molecule has 0 aliphatic heterocycles. The molecule has 2 heterocycles. The number of benzene rings is 1. The third kappa shape index (κ3) is 2.07. The second kappa shape index (κ2) is 4.70. The van der Waals surface area contributed by atoms with Crippen LogP contribution in [0, 0.1) is 11.6 Å². The summed E-state index contributed by atoms with van der Waals surface area (Å²) in [5.41, 5.74) is 1.14. The van der Waals surface area contributed by atoms with Gasteiger partial charge < -0.3 is 14.4 Å². The molecule has 0 amide bonds. The summed E-state index contributed by atoms with van der Waals surface area (Å²) in [5.74, 6) is -1.41. The van der Waals surface area contributed by atoms with Gasteiger partial charge in [-0.2, -0.15) is 0 Å². The first-order chi connectivity index (χ1) is 9.56. The van der Waals surface area contributed by atoms with Crippen molar-refractivity contribution < 1.29 is 18.8 Å². The molecule has 2 aromatic heterocycles. The molecule has 4 nitrogen and oxygen atoms in total. The van der Waals surface area contributed by atoms with Gasteiger partial charge in [0.25, 0.3) is 0 Å². The van der Waals surface area contributed by atoms with Gasteiger partial charge in [-0.25, -0.2) is 13.8 Å². The highest BCUT2D eigenvalue weighted by Crippen LogP contribution is 2.26. The molecule has 0 spiro atoms. The predicted molar refractivity (Wildman–Crippen MR) is 70.4 cm³/mol. The molecule has 1 aromatic carbocycles. The Morgan fingerprint density at radius 1 is 1.10 bits per heavy atom. The first-order valence-corrected chi connectivity index (χ1v) is 5.84. The second-order valence-corrected chi connectivity index (χ2v) is 4.34. The van der Waals surface area contributed by atoms with Crippen molar-refractivity contribution in [3.8, 4) is 11.1 Å². The zero-order valence-corrected chi connectivity index (χ0v) is 10.2. The van der Waals surface area contributed by atoms with Crippen LogP contribution >= 0.6 is 0 Å². The van der Waals surface area contributed by atoms with Crippen LogP contribution in [-0.4, -0.2) is 26.6 Å². The predicted octanol–water partition coefficient (Wildman–Crippen LogP) is 0.959. The molecule has 3 rings (SSSR count). The third-order valence-corrected chi connectivity index (χ3v) is 3.03. The molecular formula is C13H9BF2N2O2. The minimum Gasteiger partial charge on any atom is -0.423 e. The molecule has 100 valence electrons. The van der Waals surface area contributed by atoms with Gasteiger partial charge in [-0.1, -0.05) is 0 Å². The van der Waals surface area contributed by atoms with Crippen molar-refractivity contribution in [2.24, 2.45) is 0 Å². The fraction of sp³-hybridized carbons (Fsp3) is 0. The number of hydrogen-bond acceptors (Lipinski definition) is 3. The lowest BCUT2D eigenvalue weighted by Gasteiger charge is -2.09. The van der Waals surface area contributed by atoms with Crippen LogP contribution in [0.1, 0.15) is 0 Å². The van der Waals surface area contributed by atoms with E-state index in [2.05, 4.69) is 4.98 Å². The van der Waals surface area contributed by atoms with Crippen molar-refractivity contribution in [1.82, 2.24) is 9.38 Å². The van der Waals surface area contributed by atoms with Gasteiger partial charge in [0.2, 0.25) is 0 Å². The Morgan fingerprint density at radius 3 is 2.60 bits per heavy atom. The molecule has 0 saturated carbocycles. The summed E-state index contributed by atoms with van der Waals surface area (Å²) >= 11 is 0. The number of halogens is 2. The fourth-order valence-electron chi connectivity index (χ4n) is 2.10. The Hall–Kier alpha value is -2.25. The van der Waals surface area contributed by atoms with Gasteiger partial charge in [0.15, 0.2) is 0 Å². The van der Waals surface area contributed by atoms with Gasteiger partial charge in [-0.15, -0.1) is 0 Å². The molecule has 0 saturated heterocycles. The molecule has 0 radical (unpaired) electrons. The molecular weight excluding hydrogens is 265 g/mol. The van der Waals surface area contributed by atoms with Crippen LogP contribution in [0.3, 0.4) is 0 Å². The number of rotatable bonds is 2. The normalized spacial score (nSPS) is 11.0. The number of pyridine rings is 1. The quantitative estimate of drug-likeness (QED) is 0.684. The zero-order chi connectivity index (χ0) is 14.3. The lowest BCUT2D eigenvalue weighted by Crippen LogP contribution is -2.30. The highest BCUT2D eigenvalue weighted by molar-refractivity contribution is 6.58. The molecule has 0 aliphatic carbocycles. The second-order valence-electron chi connectivity index (χ2n) is 4.34. The smallest absolute Gasteiger partial charge is 0.423 e. The topological polar surface area (TPSA) is 57.8 Å². The van der Waals surface area contributed by atoms with E-state index < -0.39 is 18.8 Å². The van der Waals surface area contributed by atoms with E-state index in [-0.39, 0.29) is 11.0 Å². The first-order valence-electron chi connectivity index (χ1n) is 5.84. The van der Waals surface area contributed by atoms with E-state index in [1.807, 2.05) is 0 Å². The van der Waals surface area contributed by atoms with E-state index in [4.69, 9.17) is 0 Å². The minimum atomic E-state index is -1.69. The van der Waals surface area contributed by atoms with Crippen LogP contribution in [0.25, 0.3) is 16.8 Å². The fourth-order valence-corrected chi connectivity index (χ4v) is 2.10. The van der Waals surface area contributed by atoms with Gasteiger partial charge in [-0.3, -0.25) is 0 Å². The standard InChI is InChI=1S/C13H9BF2N2O2/c15-9-1-2-10(12(16)6-9)11-5-8(14(19)20)7-18-4-3-17-13(11)18/h1-7,19-20H. The van der Waals surface area contributed by atoms with Gasteiger partial charge in [0, 0.05) is 35.8 Å². The number of aromatic nitrogens is 2. The Bertz CT molecular complexity index is 789. The largest absolute Gasteiger partial charge is 0.489 e. The van der Waals surface area contributed by atoms with E-state index in [9.17, 15) is 18.8 Å². The van der Waals surface area contributed by atoms with E-state index in [0.29, 0.717) is 11.2 Å². The monoisotopic (exact) mass is 274 g/mol. The number of hydrogen-bond donors (Lipinski definition) is 2. The van der Waals surface area contributed by atoms with Crippen LogP contribution in [0.4, 0.5) is 8.78 Å². The average molecular weight is 274 g/mol. The Morgan fingerprint density at radius 2 is 1.90 bits per heavy atom. The average Bonchev–Trinajstić information content (AvgIpc) is 2.86. The molecule has 2 N–H and O–H groups in total. The maximum absolute atomic E-state index is 13.9. The lowest BCUT2D eigenvalue weighted by atomic mass is 9.80. The van der Waals surface area contributed by atoms with Crippen molar-refractivity contribution in [3.63, 3.8) is 0 Å². The van der Waals surface area contributed by atoms with Crippen LogP contribution < -0.4 is 5.46 Å². The molecule has 0 aliphatic rings. The van der Waals surface area contributed by atoms with Crippen LogP contribution in [0.2, 0.25) is 0 Å². The molecule has 0 fully saturated rings. The molecule has 3 aromatic rings. The Balaban J connectivity index is 2.31. The van der Waals surface area contributed by atoms with Crippen molar-refractivity contribution in [2.75, 3.05) is 0 Å². The lowest BCUT2D eigenvalue weighted by molar-refractivity contribution is 0.425. The molecule has 0 bridgehead atoms. The maximum Gasteiger partial charge on any atom is 0.489 e. The summed E-state index contributed by atoms with van der Waals surface area (Å²) in [6.07, 6.45) is 4.60. The maximum atomic E-state index is 13.9. The van der Waals surface area contributed by atoms with Crippen LogP contribution in [0.5, 0.6) is 0 Å². The van der Waals surface area contributed by atoms with Gasteiger partial charge in [0.1, 0.15) is 17.3 Å². The van der Waals surface area contributed by atoms with Crippen molar-refractivity contribution in [2.45, 2.75) is 0 Å². The zero-order valence-electron chi connectivity index (χ0n) is 10.2. The molecule has 0 unspecified atom stereocenters. The molecule has 0 atom stereocenters. The first kappa shape index (κ1) is 12.8. The van der Waals surface area contributed by atoms with E-state index in [0.717, 1.165) is 12.1 Å². The van der Waals surface area contributed by atoms with Crippen molar-refractivity contribution in [3.05, 3.63) is 54.5 Å². The third-order valence-electron chi connectivity index (χ3n) is 3.03. The van der Waals surface area contributed by atoms with Crippen molar-refractivity contribution >= 4 is 18.2 Å². The van der Waals surface area contributed by atoms with Crippen LogP contribution in [0.15, 0.2) is 42.9 Å². The van der Waals surface area contributed by atoms with Gasteiger partial charge >= 0.3 is 7.12 Å². The van der Waals surface area contributed by atoms with Crippen molar-refractivity contribution in [1.29, 1.82) is 0 Å². The number of fused-ring (bicyclic) bond motifs is 1. The van der Waals surface area contributed by atoms with E-state index in [1.165, 1.54) is 24.5 Å². The van der Waals surface area contributed by atoms with E-state index in [1.54, 1.807) is 10.6 Å². The highest BCUT2D eigenvalue weighted by atomic mass is 19.1. The van der Waals surface area contributed by atoms with E-state index >= 15 is 0 Å². The molecule has 20 heavy (non-hydrogen) atoms. The van der Waals surface area contributed by atoms with Crippen LogP contribution in [-0.2, 0) is 0 Å². The van der Waals surface area contributed by atoms with Gasteiger partial charge in [-0.05, 0) is 23.7 Å². The molecule has 7 heteroatoms. The number of imidazole rings is 1. The highest BCUT2D eigenvalue weighted by Gasteiger charge is 2.17. The minimum absolute atomic E-state index is 0.144. The summed E-state index contributed by atoms with van der Waals surface area (Å²) in [6, 6.07) is 4.63. The summed E-state index contributed by atoms with van der Waals surface area (Å²) in [7, 11) is -1.69. The van der Waals surface area contributed by atoms with Gasteiger partial charge in [0.05, 0.1) is 0 Å². The number of nitrogens with zero attached hydrogens (tertiary/aromatic N) is 2. The Kier molecular flexibility index (Phi) is 3.00. The summed E-state index contributed by atoms with van der Waals surface area (Å²) < 4.78 is 28.4. The summed E-state index contributed by atoms with van der Waals surface area (Å²) in [5, 5.41) is 18.5. The summed E-state index contributed by atoms with van der Waals surface area (Å²) in [6.45, 7) is 0. The SMILES string of the molecule is OB(O)c1cc(-c2ccc(F)cc2F)c2nccn2c1. The Labute approximate surface area is 113 Å². The summed E-state index contributed by atoms with van der Waals surface area (Å²) in [4.78, 5) is 4.10.